The maximum Gasteiger partial charge on any atom is 0.218 e. The Balaban J connectivity index is 2.84. The van der Waals surface area contributed by atoms with E-state index in [2.05, 4.69) is 4.18 Å². The quantitative estimate of drug-likeness (QED) is 0.164. The summed E-state index contributed by atoms with van der Waals surface area (Å²) in [6.07, 6.45) is -6.10. The van der Waals surface area contributed by atoms with Gasteiger partial charge in [0.1, 0.15) is 43.0 Å². The zero-order valence-corrected chi connectivity index (χ0v) is 12.3. The lowest BCUT2D eigenvalue weighted by molar-refractivity contribution is -0.942. The van der Waals surface area contributed by atoms with Crippen LogP contribution >= 0.6 is 0 Å². The van der Waals surface area contributed by atoms with Crippen molar-refractivity contribution in [1.29, 1.82) is 0 Å². The average Bonchev–Trinajstić information content (AvgIpc) is 2.66. The highest BCUT2D eigenvalue weighted by molar-refractivity contribution is 7.80. The number of hydrogen-bond donors (Lipinski definition) is 7. The first kappa shape index (κ1) is 19.6. The van der Waals surface area contributed by atoms with E-state index in [1.54, 1.807) is 0 Å². The summed E-state index contributed by atoms with van der Waals surface area (Å²) >= 11 is 0. The van der Waals surface area contributed by atoms with Gasteiger partial charge in [-0.2, -0.15) is 0 Å². The molecule has 0 radical (unpaired) electrons. The SMILES string of the molecule is O=S(=O)([O-])O[C@@H](CO)[C@H](O)C[NH+]1[C@@H](CO)[C@@H](O)[C@H](O)[C@@H]1CO. The Kier molecular flexibility index (Phi) is 7.07. The van der Waals surface area contributed by atoms with Crippen LogP contribution in [0.2, 0.25) is 0 Å². The molecule has 1 aliphatic heterocycles. The standard InChI is InChI=1S/C10H21NO10S/c12-2-5-9(16)10(17)6(3-13)11(5)1-7(15)8(4-14)21-22(18,19)20/h5-10,12-17H,1-4H2,(H,18,19,20)/t5-,6-,7+,8-,9+,10+/m0/s1. The number of quaternary nitrogens is 1. The molecule has 1 heterocycles. The monoisotopic (exact) mass is 347 g/mol. The van der Waals surface area contributed by atoms with Crippen LogP contribution in [0.5, 0.6) is 0 Å². The second kappa shape index (κ2) is 7.92. The van der Waals surface area contributed by atoms with E-state index in [1.807, 2.05) is 0 Å². The summed E-state index contributed by atoms with van der Waals surface area (Å²) in [5.74, 6) is 0. The van der Waals surface area contributed by atoms with Gasteiger partial charge in [-0.3, -0.25) is 4.18 Å². The van der Waals surface area contributed by atoms with Crippen LogP contribution in [0.15, 0.2) is 0 Å². The molecule has 1 saturated heterocycles. The number of hydrogen-bond acceptors (Lipinski definition) is 10. The third-order valence-corrected chi connectivity index (χ3v) is 4.30. The van der Waals surface area contributed by atoms with Gasteiger partial charge in [0.15, 0.2) is 0 Å². The van der Waals surface area contributed by atoms with Crippen LogP contribution in [0.25, 0.3) is 0 Å². The molecule has 0 unspecified atom stereocenters. The number of likely N-dealkylation sites (tertiary alicyclic amines) is 1. The van der Waals surface area contributed by atoms with E-state index in [0.29, 0.717) is 0 Å². The van der Waals surface area contributed by atoms with E-state index in [-0.39, 0.29) is 11.4 Å². The Labute approximate surface area is 126 Å². The molecule has 0 aromatic heterocycles. The molecule has 1 aliphatic rings. The van der Waals surface area contributed by atoms with Crippen LogP contribution in [0.4, 0.5) is 0 Å². The summed E-state index contributed by atoms with van der Waals surface area (Å²) in [5.41, 5.74) is 0. The van der Waals surface area contributed by atoms with Gasteiger partial charge in [-0.15, -0.1) is 0 Å². The molecule has 11 nitrogen and oxygen atoms in total. The molecule has 12 heteroatoms. The Morgan fingerprint density at radius 2 is 1.55 bits per heavy atom. The van der Waals surface area contributed by atoms with E-state index < -0.39 is 66.7 Å². The minimum absolute atomic E-state index is 0.197. The predicted octanol–water partition coefficient (Wildman–Crippen LogP) is -6.47. The number of aliphatic hydroxyl groups is 6. The molecule has 6 atom stereocenters. The molecule has 0 aliphatic carbocycles. The lowest BCUT2D eigenvalue weighted by Crippen LogP contribution is -3.20. The molecule has 0 aromatic carbocycles. The molecule has 22 heavy (non-hydrogen) atoms. The molecule has 132 valence electrons. The highest BCUT2D eigenvalue weighted by Gasteiger charge is 2.52. The van der Waals surface area contributed by atoms with Gasteiger partial charge in [-0.25, -0.2) is 8.42 Å². The zero-order chi connectivity index (χ0) is 17.1. The maximum atomic E-state index is 10.5. The highest BCUT2D eigenvalue weighted by Crippen LogP contribution is 2.10. The fraction of sp³-hybridized carbons (Fsp3) is 1.00. The van der Waals surface area contributed by atoms with Crippen molar-refractivity contribution >= 4 is 10.4 Å². The maximum absolute atomic E-state index is 10.5. The Hall–Kier alpha value is -0.410. The molecule has 1 rings (SSSR count). The van der Waals surface area contributed by atoms with E-state index >= 15 is 0 Å². The minimum atomic E-state index is -5.15. The molecular formula is C10H21NO10S. The van der Waals surface area contributed by atoms with Gasteiger partial charge in [0.25, 0.3) is 0 Å². The molecule has 7 N–H and O–H groups in total. The van der Waals surface area contributed by atoms with Gasteiger partial charge < -0.3 is 40.1 Å². The largest absolute Gasteiger partial charge is 0.726 e. The molecule has 1 fully saturated rings. The van der Waals surface area contributed by atoms with Crippen molar-refractivity contribution in [2.75, 3.05) is 26.4 Å². The fourth-order valence-electron chi connectivity index (χ4n) is 2.68. The third-order valence-electron chi connectivity index (χ3n) is 3.82. The topological polar surface area (TPSA) is 192 Å². The van der Waals surface area contributed by atoms with Crippen molar-refractivity contribution in [3.8, 4) is 0 Å². The molecule has 0 amide bonds. The molecule has 0 saturated carbocycles. The van der Waals surface area contributed by atoms with E-state index in [1.165, 1.54) is 0 Å². The number of rotatable bonds is 8. The van der Waals surface area contributed by atoms with E-state index in [0.717, 1.165) is 0 Å². The molecule has 0 bridgehead atoms. The van der Waals surface area contributed by atoms with Crippen LogP contribution < -0.4 is 4.90 Å². The van der Waals surface area contributed by atoms with E-state index in [4.69, 9.17) is 5.11 Å². The summed E-state index contributed by atoms with van der Waals surface area (Å²) in [6.45, 7) is -2.48. The minimum Gasteiger partial charge on any atom is -0.726 e. The van der Waals surface area contributed by atoms with Crippen LogP contribution in [-0.2, 0) is 14.6 Å². The van der Waals surface area contributed by atoms with Crippen molar-refractivity contribution in [3.05, 3.63) is 0 Å². The van der Waals surface area contributed by atoms with Gasteiger partial charge in [-0.05, 0) is 0 Å². The zero-order valence-electron chi connectivity index (χ0n) is 11.5. The lowest BCUT2D eigenvalue weighted by Gasteiger charge is -2.30. The first-order valence-corrected chi connectivity index (χ1v) is 7.86. The molecule has 0 aromatic rings. The summed E-state index contributed by atoms with van der Waals surface area (Å²) in [5, 5.41) is 56.9. The normalized spacial score (nSPS) is 35.5. The fourth-order valence-corrected chi connectivity index (χ4v) is 3.18. The first-order valence-electron chi connectivity index (χ1n) is 6.52. The smallest absolute Gasteiger partial charge is 0.218 e. The van der Waals surface area contributed by atoms with Crippen LogP contribution in [0.3, 0.4) is 0 Å². The predicted molar refractivity (Wildman–Crippen MR) is 67.3 cm³/mol. The Bertz CT molecular complexity index is 429. The lowest BCUT2D eigenvalue weighted by atomic mass is 10.1. The van der Waals surface area contributed by atoms with Gasteiger partial charge >= 0.3 is 0 Å². The number of aliphatic hydroxyl groups excluding tert-OH is 6. The second-order valence-corrected chi connectivity index (χ2v) is 6.14. The van der Waals surface area contributed by atoms with Gasteiger partial charge in [-0.1, -0.05) is 0 Å². The van der Waals surface area contributed by atoms with Gasteiger partial charge in [0.2, 0.25) is 10.4 Å². The van der Waals surface area contributed by atoms with Crippen molar-refractivity contribution in [2.45, 2.75) is 36.5 Å². The highest BCUT2D eigenvalue weighted by atomic mass is 32.3. The third kappa shape index (κ3) is 4.55. The summed E-state index contributed by atoms with van der Waals surface area (Å²) in [7, 11) is -5.15. The van der Waals surface area contributed by atoms with Crippen molar-refractivity contribution in [3.63, 3.8) is 0 Å². The molecule has 0 spiro atoms. The Morgan fingerprint density at radius 1 is 1.09 bits per heavy atom. The summed E-state index contributed by atoms with van der Waals surface area (Å²) in [4.78, 5) is 0.197. The van der Waals surface area contributed by atoms with Gasteiger partial charge in [0.05, 0.1) is 19.8 Å². The van der Waals surface area contributed by atoms with Crippen LogP contribution in [0.1, 0.15) is 0 Å². The molecular weight excluding hydrogens is 326 g/mol. The first-order chi connectivity index (χ1) is 10.2. The summed E-state index contributed by atoms with van der Waals surface area (Å²) < 4.78 is 35.6. The summed E-state index contributed by atoms with van der Waals surface area (Å²) in [6, 6.07) is -1.88. The van der Waals surface area contributed by atoms with Crippen molar-refractivity contribution in [2.24, 2.45) is 0 Å². The average molecular weight is 347 g/mol. The number of nitrogens with one attached hydrogen (secondary N) is 1. The van der Waals surface area contributed by atoms with Crippen LogP contribution in [0, 0.1) is 0 Å². The Morgan fingerprint density at radius 3 is 1.86 bits per heavy atom. The van der Waals surface area contributed by atoms with Crippen molar-refractivity contribution in [1.82, 2.24) is 0 Å². The van der Waals surface area contributed by atoms with Gasteiger partial charge in [0, 0.05) is 0 Å². The van der Waals surface area contributed by atoms with E-state index in [9.17, 15) is 38.5 Å². The second-order valence-electron chi connectivity index (χ2n) is 5.13. The van der Waals surface area contributed by atoms with Crippen LogP contribution in [-0.4, -0.2) is 106 Å². The van der Waals surface area contributed by atoms with Crippen molar-refractivity contribution < 1.29 is 52.7 Å².